The monoisotopic (exact) mass is 376 g/mol. The summed E-state index contributed by atoms with van der Waals surface area (Å²) in [6, 6.07) is 19.0. The summed E-state index contributed by atoms with van der Waals surface area (Å²) >= 11 is 0. The zero-order valence-electron chi connectivity index (χ0n) is 15.7. The molecule has 0 bridgehead atoms. The second-order valence-electron chi connectivity index (χ2n) is 7.03. The molecule has 1 fully saturated rings. The second kappa shape index (κ2) is 9.67. The predicted octanol–water partition coefficient (Wildman–Crippen LogP) is 2.53. The van der Waals surface area contributed by atoms with Gasteiger partial charge < -0.3 is 10.6 Å². The normalized spacial score (nSPS) is 14.8. The van der Waals surface area contributed by atoms with Gasteiger partial charge in [0.2, 0.25) is 0 Å². The van der Waals surface area contributed by atoms with Crippen molar-refractivity contribution in [1.29, 1.82) is 5.26 Å². The minimum atomic E-state index is -0.746. The predicted molar refractivity (Wildman–Crippen MR) is 107 cm³/mol. The van der Waals surface area contributed by atoms with Gasteiger partial charge in [-0.3, -0.25) is 14.5 Å². The molecule has 0 unspecified atom stereocenters. The minimum Gasteiger partial charge on any atom is -0.348 e. The first-order chi connectivity index (χ1) is 13.7. The Hall–Kier alpha value is -3.17. The van der Waals surface area contributed by atoms with Crippen molar-refractivity contribution in [2.75, 3.05) is 25.0 Å². The van der Waals surface area contributed by atoms with Crippen molar-refractivity contribution in [3.05, 3.63) is 65.7 Å². The lowest BCUT2D eigenvalue weighted by Gasteiger charge is -2.32. The highest BCUT2D eigenvalue weighted by molar-refractivity contribution is 6.39. The van der Waals surface area contributed by atoms with Crippen LogP contribution in [-0.2, 0) is 16.1 Å². The number of carbonyl (C=O) groups is 2. The zero-order chi connectivity index (χ0) is 19.8. The van der Waals surface area contributed by atoms with Gasteiger partial charge >= 0.3 is 11.8 Å². The first-order valence-electron chi connectivity index (χ1n) is 9.50. The van der Waals surface area contributed by atoms with Gasteiger partial charge in [-0.1, -0.05) is 42.5 Å². The molecule has 28 heavy (non-hydrogen) atoms. The molecule has 6 heteroatoms. The topological polar surface area (TPSA) is 85.2 Å². The maximum absolute atomic E-state index is 12.1. The number of benzene rings is 2. The van der Waals surface area contributed by atoms with Crippen LogP contribution in [0.3, 0.4) is 0 Å². The molecular weight excluding hydrogens is 352 g/mol. The van der Waals surface area contributed by atoms with E-state index in [1.165, 1.54) is 5.56 Å². The number of hydrogen-bond acceptors (Lipinski definition) is 4. The highest BCUT2D eigenvalue weighted by Gasteiger charge is 2.21. The summed E-state index contributed by atoms with van der Waals surface area (Å²) < 4.78 is 0. The van der Waals surface area contributed by atoms with Crippen LogP contribution in [0.25, 0.3) is 0 Å². The number of nitrogens with one attached hydrogen (secondary N) is 2. The molecule has 2 aromatic carbocycles. The summed E-state index contributed by atoms with van der Waals surface area (Å²) in [6.45, 7) is 3.40. The molecule has 0 saturated carbocycles. The smallest absolute Gasteiger partial charge is 0.313 e. The SMILES string of the molecule is N#Cc1ccccc1NC(=O)C(=O)NCC1CCN(Cc2ccccc2)CC1. The third-order valence-electron chi connectivity index (χ3n) is 5.01. The van der Waals surface area contributed by atoms with E-state index < -0.39 is 11.8 Å². The van der Waals surface area contributed by atoms with Crippen molar-refractivity contribution in [1.82, 2.24) is 10.2 Å². The van der Waals surface area contributed by atoms with Gasteiger partial charge in [-0.05, 0) is 49.5 Å². The number of carbonyl (C=O) groups excluding carboxylic acids is 2. The fourth-order valence-corrected chi connectivity index (χ4v) is 3.38. The van der Waals surface area contributed by atoms with Crippen molar-refractivity contribution in [2.45, 2.75) is 19.4 Å². The summed E-state index contributed by atoms with van der Waals surface area (Å²) in [5.74, 6) is -1.04. The summed E-state index contributed by atoms with van der Waals surface area (Å²) in [6.07, 6.45) is 1.98. The molecule has 0 spiro atoms. The molecule has 0 aromatic heterocycles. The number of nitriles is 1. The lowest BCUT2D eigenvalue weighted by atomic mass is 9.96. The molecule has 1 saturated heterocycles. The van der Waals surface area contributed by atoms with Gasteiger partial charge in [-0.25, -0.2) is 0 Å². The molecule has 0 aliphatic carbocycles. The summed E-state index contributed by atoms with van der Waals surface area (Å²) in [7, 11) is 0. The fourth-order valence-electron chi connectivity index (χ4n) is 3.38. The number of piperidine rings is 1. The van der Waals surface area contributed by atoms with E-state index >= 15 is 0 Å². The third-order valence-corrected chi connectivity index (χ3v) is 5.01. The van der Waals surface area contributed by atoms with Gasteiger partial charge in [0.25, 0.3) is 0 Å². The lowest BCUT2D eigenvalue weighted by Crippen LogP contribution is -2.41. The quantitative estimate of drug-likeness (QED) is 0.786. The van der Waals surface area contributed by atoms with E-state index in [9.17, 15) is 9.59 Å². The van der Waals surface area contributed by atoms with E-state index in [2.05, 4.69) is 39.8 Å². The van der Waals surface area contributed by atoms with E-state index in [1.54, 1.807) is 24.3 Å². The molecule has 0 radical (unpaired) electrons. The molecule has 1 aliphatic heterocycles. The van der Waals surface area contributed by atoms with Crippen molar-refractivity contribution in [3.63, 3.8) is 0 Å². The molecule has 0 atom stereocenters. The summed E-state index contributed by atoms with van der Waals surface area (Å²) in [4.78, 5) is 26.6. The van der Waals surface area contributed by atoms with Crippen LogP contribution in [0.15, 0.2) is 54.6 Å². The highest BCUT2D eigenvalue weighted by Crippen LogP contribution is 2.18. The highest BCUT2D eigenvalue weighted by atomic mass is 16.2. The van der Waals surface area contributed by atoms with Crippen molar-refractivity contribution < 1.29 is 9.59 Å². The largest absolute Gasteiger partial charge is 0.348 e. The number of rotatable bonds is 5. The average molecular weight is 376 g/mol. The second-order valence-corrected chi connectivity index (χ2v) is 7.03. The Morgan fingerprint density at radius 2 is 1.68 bits per heavy atom. The first kappa shape index (κ1) is 19.6. The average Bonchev–Trinajstić information content (AvgIpc) is 2.74. The Morgan fingerprint density at radius 3 is 2.39 bits per heavy atom. The molecule has 2 aromatic rings. The van der Waals surface area contributed by atoms with Crippen molar-refractivity contribution >= 4 is 17.5 Å². The number of amides is 2. The van der Waals surface area contributed by atoms with Crippen LogP contribution in [0.4, 0.5) is 5.69 Å². The third kappa shape index (κ3) is 5.41. The van der Waals surface area contributed by atoms with E-state index in [0.717, 1.165) is 32.5 Å². The van der Waals surface area contributed by atoms with Crippen LogP contribution in [0.1, 0.15) is 24.0 Å². The van der Waals surface area contributed by atoms with Gasteiger partial charge in [-0.2, -0.15) is 5.26 Å². The minimum absolute atomic E-state index is 0.328. The first-order valence-corrected chi connectivity index (χ1v) is 9.50. The summed E-state index contributed by atoms with van der Waals surface area (Å²) in [5, 5.41) is 14.3. The number of anilines is 1. The maximum Gasteiger partial charge on any atom is 0.313 e. The number of likely N-dealkylation sites (tertiary alicyclic amines) is 1. The number of nitrogens with zero attached hydrogens (tertiary/aromatic N) is 2. The van der Waals surface area contributed by atoms with Gasteiger partial charge in [0.15, 0.2) is 0 Å². The van der Waals surface area contributed by atoms with Gasteiger partial charge in [0.05, 0.1) is 11.3 Å². The van der Waals surface area contributed by atoms with Crippen LogP contribution in [-0.4, -0.2) is 36.3 Å². The molecule has 2 N–H and O–H groups in total. The van der Waals surface area contributed by atoms with Crippen LogP contribution < -0.4 is 10.6 Å². The van der Waals surface area contributed by atoms with Gasteiger partial charge in [0, 0.05) is 13.1 Å². The van der Waals surface area contributed by atoms with Crippen LogP contribution in [0.5, 0.6) is 0 Å². The molecule has 2 amide bonds. The number of hydrogen-bond donors (Lipinski definition) is 2. The fraction of sp³-hybridized carbons (Fsp3) is 0.318. The molecule has 3 rings (SSSR count). The molecule has 144 valence electrons. The molecule has 6 nitrogen and oxygen atoms in total. The molecular formula is C22H24N4O2. The Labute approximate surface area is 165 Å². The van der Waals surface area contributed by atoms with E-state index in [1.807, 2.05) is 12.1 Å². The lowest BCUT2D eigenvalue weighted by molar-refractivity contribution is -0.136. The van der Waals surface area contributed by atoms with Crippen molar-refractivity contribution in [3.8, 4) is 6.07 Å². The van der Waals surface area contributed by atoms with Gasteiger partial charge in [-0.15, -0.1) is 0 Å². The van der Waals surface area contributed by atoms with Crippen LogP contribution >= 0.6 is 0 Å². The van der Waals surface area contributed by atoms with Crippen molar-refractivity contribution in [2.24, 2.45) is 5.92 Å². The standard InChI is InChI=1S/C22H24N4O2/c23-14-19-8-4-5-9-20(19)25-22(28)21(27)24-15-17-10-12-26(13-11-17)16-18-6-2-1-3-7-18/h1-9,17H,10-13,15-16H2,(H,24,27)(H,25,28). The molecule has 1 heterocycles. The maximum atomic E-state index is 12.1. The molecule has 1 aliphatic rings. The van der Waals surface area contributed by atoms with E-state index in [-0.39, 0.29) is 0 Å². The van der Waals surface area contributed by atoms with Gasteiger partial charge in [0.1, 0.15) is 6.07 Å². The summed E-state index contributed by atoms with van der Waals surface area (Å²) in [5.41, 5.74) is 1.98. The Balaban J connectivity index is 1.40. The van der Waals surface area contributed by atoms with Crippen LogP contribution in [0.2, 0.25) is 0 Å². The zero-order valence-corrected chi connectivity index (χ0v) is 15.7. The Morgan fingerprint density at radius 1 is 1.00 bits per heavy atom. The Bertz CT molecular complexity index is 852. The van der Waals surface area contributed by atoms with Crippen LogP contribution in [0, 0.1) is 17.2 Å². The van der Waals surface area contributed by atoms with E-state index in [4.69, 9.17) is 5.26 Å². The Kier molecular flexibility index (Phi) is 6.77. The van der Waals surface area contributed by atoms with E-state index in [0.29, 0.717) is 23.7 Å². The number of para-hydroxylation sites is 1.